The van der Waals surface area contributed by atoms with Gasteiger partial charge in [-0.2, -0.15) is 0 Å². The second-order valence-corrected chi connectivity index (χ2v) is 7.66. The van der Waals surface area contributed by atoms with Gasteiger partial charge in [-0.15, -0.1) is 0 Å². The molecular formula is C14H27NO3S. The molecule has 1 N–H and O–H groups in total. The maximum atomic E-state index is 11.6. The topological polar surface area (TPSA) is 55.4 Å². The molecule has 1 aliphatic carbocycles. The minimum absolute atomic E-state index is 0.129. The smallest absolute Gasteiger partial charge is 0.150 e. The molecule has 0 radical (unpaired) electrons. The Balaban J connectivity index is 2.21. The Kier molecular flexibility index (Phi) is 7.64. The molecule has 1 rings (SSSR count). The molecule has 1 aliphatic rings. The van der Waals surface area contributed by atoms with E-state index in [1.54, 1.807) is 7.11 Å². The van der Waals surface area contributed by atoms with E-state index in [1.165, 1.54) is 6.26 Å². The Labute approximate surface area is 117 Å². The van der Waals surface area contributed by atoms with Gasteiger partial charge in [0.15, 0.2) is 0 Å². The van der Waals surface area contributed by atoms with Gasteiger partial charge in [0.25, 0.3) is 0 Å². The summed E-state index contributed by atoms with van der Waals surface area (Å²) < 4.78 is 28.1. The van der Waals surface area contributed by atoms with Crippen molar-refractivity contribution in [2.24, 2.45) is 5.92 Å². The van der Waals surface area contributed by atoms with E-state index >= 15 is 0 Å². The lowest BCUT2D eigenvalue weighted by Gasteiger charge is -2.25. The highest BCUT2D eigenvalue weighted by atomic mass is 32.2. The van der Waals surface area contributed by atoms with E-state index in [0.717, 1.165) is 51.8 Å². The van der Waals surface area contributed by atoms with Crippen LogP contribution >= 0.6 is 0 Å². The fourth-order valence-electron chi connectivity index (χ4n) is 2.52. The lowest BCUT2D eigenvalue weighted by molar-refractivity contribution is 0.199. The summed E-state index contributed by atoms with van der Waals surface area (Å²) in [6.45, 7) is 2.56. The lowest BCUT2D eigenvalue weighted by Crippen LogP contribution is -2.26. The fraction of sp³-hybridized carbons (Fsp3) is 0.857. The molecule has 4 nitrogen and oxygen atoms in total. The predicted molar refractivity (Wildman–Crippen MR) is 79.1 cm³/mol. The zero-order chi connectivity index (χ0) is 14.1. The van der Waals surface area contributed by atoms with Crippen LogP contribution in [0, 0.1) is 5.92 Å². The first-order valence-corrected chi connectivity index (χ1v) is 9.04. The number of rotatable bonds is 8. The lowest BCUT2D eigenvalue weighted by atomic mass is 9.88. The maximum absolute atomic E-state index is 11.6. The minimum Gasteiger partial charge on any atom is -0.383 e. The first kappa shape index (κ1) is 16.7. The summed E-state index contributed by atoms with van der Waals surface area (Å²) >= 11 is 0. The van der Waals surface area contributed by atoms with Gasteiger partial charge in [-0.05, 0) is 38.1 Å². The van der Waals surface area contributed by atoms with Gasteiger partial charge in [-0.1, -0.05) is 18.6 Å². The molecule has 5 heteroatoms. The molecule has 2 atom stereocenters. The molecular weight excluding hydrogens is 262 g/mol. The molecule has 19 heavy (non-hydrogen) atoms. The average molecular weight is 289 g/mol. The third-order valence-corrected chi connectivity index (χ3v) is 5.29. The number of ether oxygens (including phenoxy) is 1. The molecule has 0 aromatic carbocycles. The highest BCUT2D eigenvalue weighted by Gasteiger charge is 2.27. The number of methoxy groups -OCH3 is 1. The Morgan fingerprint density at radius 1 is 1.32 bits per heavy atom. The molecule has 1 saturated carbocycles. The number of nitrogens with one attached hydrogen (secondary N) is 1. The summed E-state index contributed by atoms with van der Waals surface area (Å²) in [5.74, 6) is 0.437. The zero-order valence-corrected chi connectivity index (χ0v) is 12.9. The van der Waals surface area contributed by atoms with Crippen molar-refractivity contribution in [2.75, 3.05) is 33.1 Å². The Bertz CT molecular complexity index is 365. The van der Waals surface area contributed by atoms with E-state index in [0.29, 0.717) is 5.92 Å². The van der Waals surface area contributed by atoms with Crippen molar-refractivity contribution in [2.45, 2.75) is 37.4 Å². The third kappa shape index (κ3) is 7.09. The summed E-state index contributed by atoms with van der Waals surface area (Å²) in [5.41, 5.74) is 0. The molecule has 0 bridgehead atoms. The van der Waals surface area contributed by atoms with Gasteiger partial charge in [0.2, 0.25) is 0 Å². The number of hydrogen-bond donors (Lipinski definition) is 1. The molecule has 112 valence electrons. The Morgan fingerprint density at radius 2 is 2.11 bits per heavy atom. The van der Waals surface area contributed by atoms with Crippen molar-refractivity contribution in [1.82, 2.24) is 5.32 Å². The van der Waals surface area contributed by atoms with Crippen molar-refractivity contribution in [1.29, 1.82) is 0 Å². The molecule has 0 aromatic heterocycles. The van der Waals surface area contributed by atoms with Gasteiger partial charge in [-0.3, -0.25) is 0 Å². The Morgan fingerprint density at radius 3 is 2.79 bits per heavy atom. The van der Waals surface area contributed by atoms with Crippen molar-refractivity contribution in [3.63, 3.8) is 0 Å². The van der Waals surface area contributed by atoms with Gasteiger partial charge in [0.05, 0.1) is 11.9 Å². The van der Waals surface area contributed by atoms with E-state index in [9.17, 15) is 8.42 Å². The van der Waals surface area contributed by atoms with Crippen LogP contribution in [0.3, 0.4) is 0 Å². The van der Waals surface area contributed by atoms with E-state index < -0.39 is 9.84 Å². The van der Waals surface area contributed by atoms with E-state index in [2.05, 4.69) is 17.5 Å². The van der Waals surface area contributed by atoms with Crippen molar-refractivity contribution >= 4 is 9.84 Å². The molecule has 0 aliphatic heterocycles. The minimum atomic E-state index is -2.86. The van der Waals surface area contributed by atoms with Gasteiger partial charge in [-0.25, -0.2) is 8.42 Å². The van der Waals surface area contributed by atoms with Gasteiger partial charge >= 0.3 is 0 Å². The largest absolute Gasteiger partial charge is 0.383 e. The summed E-state index contributed by atoms with van der Waals surface area (Å²) in [6, 6.07) is 0. The first-order valence-electron chi connectivity index (χ1n) is 7.09. The molecule has 0 aromatic rings. The first-order chi connectivity index (χ1) is 9.04. The molecule has 0 spiro atoms. The fourth-order valence-corrected chi connectivity index (χ4v) is 3.71. The average Bonchev–Trinajstić information content (AvgIpc) is 2.37. The SMILES string of the molecule is COCCNCCC=CC1CCCC(S(C)(=O)=O)C1. The van der Waals surface area contributed by atoms with Crippen molar-refractivity contribution in [3.05, 3.63) is 12.2 Å². The Hall–Kier alpha value is -0.390. The van der Waals surface area contributed by atoms with Crippen LogP contribution in [0.4, 0.5) is 0 Å². The van der Waals surface area contributed by atoms with Crippen LogP contribution in [0.5, 0.6) is 0 Å². The number of allylic oxidation sites excluding steroid dienone is 1. The monoisotopic (exact) mass is 289 g/mol. The molecule has 2 unspecified atom stereocenters. The summed E-state index contributed by atoms with van der Waals surface area (Å²) in [6.07, 6.45) is 10.5. The molecule has 1 fully saturated rings. The highest BCUT2D eigenvalue weighted by Crippen LogP contribution is 2.29. The van der Waals surface area contributed by atoms with Crippen LogP contribution in [0.1, 0.15) is 32.1 Å². The second kappa shape index (κ2) is 8.72. The molecule has 0 amide bonds. The highest BCUT2D eigenvalue weighted by molar-refractivity contribution is 7.91. The zero-order valence-electron chi connectivity index (χ0n) is 12.1. The van der Waals surface area contributed by atoms with Crippen LogP contribution in [-0.2, 0) is 14.6 Å². The van der Waals surface area contributed by atoms with Crippen LogP contribution in [-0.4, -0.2) is 46.7 Å². The third-order valence-electron chi connectivity index (χ3n) is 3.65. The van der Waals surface area contributed by atoms with Gasteiger partial charge in [0.1, 0.15) is 9.84 Å². The standard InChI is InChI=1S/C14H27NO3S/c1-18-11-10-15-9-4-3-6-13-7-5-8-14(12-13)19(2,16)17/h3,6,13-15H,4-5,7-12H2,1-2H3. The predicted octanol–water partition coefficient (Wildman–Crippen LogP) is 1.77. The molecule has 0 heterocycles. The van der Waals surface area contributed by atoms with Gasteiger partial charge in [0, 0.05) is 19.9 Å². The normalized spacial score (nSPS) is 24.9. The summed E-state index contributed by atoms with van der Waals surface area (Å²) in [5, 5.41) is 3.16. The maximum Gasteiger partial charge on any atom is 0.150 e. The van der Waals surface area contributed by atoms with E-state index in [-0.39, 0.29) is 5.25 Å². The quantitative estimate of drug-likeness (QED) is 0.546. The number of sulfone groups is 1. The molecule has 0 saturated heterocycles. The van der Waals surface area contributed by atoms with E-state index in [4.69, 9.17) is 4.74 Å². The summed E-state index contributed by atoms with van der Waals surface area (Å²) in [4.78, 5) is 0. The summed E-state index contributed by atoms with van der Waals surface area (Å²) in [7, 11) is -1.17. The van der Waals surface area contributed by atoms with Gasteiger partial charge < -0.3 is 10.1 Å². The van der Waals surface area contributed by atoms with Crippen LogP contribution < -0.4 is 5.32 Å². The van der Waals surface area contributed by atoms with Crippen LogP contribution in [0.2, 0.25) is 0 Å². The van der Waals surface area contributed by atoms with Crippen molar-refractivity contribution in [3.8, 4) is 0 Å². The van der Waals surface area contributed by atoms with Crippen LogP contribution in [0.25, 0.3) is 0 Å². The van der Waals surface area contributed by atoms with Crippen LogP contribution in [0.15, 0.2) is 12.2 Å². The number of hydrogen-bond acceptors (Lipinski definition) is 4. The van der Waals surface area contributed by atoms with E-state index in [1.807, 2.05) is 0 Å². The second-order valence-electron chi connectivity index (χ2n) is 5.34. The van der Waals surface area contributed by atoms with Crippen molar-refractivity contribution < 1.29 is 13.2 Å².